The number of benzene rings is 1. The Balaban J connectivity index is 0.00000180. The lowest BCUT2D eigenvalue weighted by Gasteiger charge is -2.31. The molecule has 2 rings (SSSR count). The lowest BCUT2D eigenvalue weighted by molar-refractivity contribution is 0.310. The van der Waals surface area contributed by atoms with E-state index in [1.54, 1.807) is 0 Å². The molecule has 0 bridgehead atoms. The predicted molar refractivity (Wildman–Crippen MR) is 79.9 cm³/mol. The fourth-order valence-electron chi connectivity index (χ4n) is 1.94. The Kier molecular flexibility index (Phi) is 5.92. The maximum Gasteiger partial charge on any atom is 0.243 e. The first-order valence-electron chi connectivity index (χ1n) is 5.59. The molecule has 1 aromatic carbocycles. The van der Waals surface area contributed by atoms with Crippen molar-refractivity contribution in [3.05, 3.63) is 28.2 Å². The van der Waals surface area contributed by atoms with Crippen molar-refractivity contribution in [3.8, 4) is 0 Å². The first-order valence-corrected chi connectivity index (χ1v) is 7.79. The van der Waals surface area contributed by atoms with Crippen molar-refractivity contribution >= 4 is 45.6 Å². The quantitative estimate of drug-likeness (QED) is 0.895. The second kappa shape index (κ2) is 6.61. The van der Waals surface area contributed by atoms with E-state index in [9.17, 15) is 8.42 Å². The number of nitrogens with one attached hydrogen (secondary N) is 1. The average Bonchev–Trinajstić information content (AvgIpc) is 2.27. The van der Waals surface area contributed by atoms with Crippen LogP contribution in [0.1, 0.15) is 6.92 Å². The van der Waals surface area contributed by atoms with E-state index in [0.717, 1.165) is 0 Å². The maximum atomic E-state index is 12.4. The fraction of sp³-hybridized carbons (Fsp3) is 0.455. The van der Waals surface area contributed by atoms with E-state index >= 15 is 0 Å². The minimum Gasteiger partial charge on any atom is -0.312 e. The monoisotopic (exact) mass is 344 g/mol. The van der Waals surface area contributed by atoms with Gasteiger partial charge in [0.15, 0.2) is 0 Å². The van der Waals surface area contributed by atoms with Gasteiger partial charge in [0.25, 0.3) is 0 Å². The van der Waals surface area contributed by atoms with Gasteiger partial charge in [-0.05, 0) is 25.1 Å². The van der Waals surface area contributed by atoms with E-state index in [1.165, 1.54) is 22.5 Å². The Labute approximate surface area is 129 Å². The summed E-state index contributed by atoms with van der Waals surface area (Å²) >= 11 is 11.7. The molecule has 1 saturated heterocycles. The number of hydrogen-bond acceptors (Lipinski definition) is 3. The summed E-state index contributed by atoms with van der Waals surface area (Å²) in [5, 5.41) is 3.85. The van der Waals surface area contributed by atoms with Gasteiger partial charge in [0, 0.05) is 35.7 Å². The van der Waals surface area contributed by atoms with E-state index in [1.807, 2.05) is 6.92 Å². The van der Waals surface area contributed by atoms with E-state index in [-0.39, 0.29) is 23.3 Å². The van der Waals surface area contributed by atoms with Gasteiger partial charge in [-0.3, -0.25) is 0 Å². The van der Waals surface area contributed by atoms with Crippen LogP contribution in [0.4, 0.5) is 0 Å². The van der Waals surface area contributed by atoms with Crippen LogP contribution in [0.25, 0.3) is 0 Å². The summed E-state index contributed by atoms with van der Waals surface area (Å²) in [5.74, 6) is 0. The lowest BCUT2D eigenvalue weighted by atomic mass is 10.3. The highest BCUT2D eigenvalue weighted by atomic mass is 35.5. The summed E-state index contributed by atoms with van der Waals surface area (Å²) in [5.41, 5.74) is 0. The van der Waals surface area contributed by atoms with Gasteiger partial charge in [0.1, 0.15) is 0 Å². The standard InChI is InChI=1S/C11H14Cl2N2O2S.ClH/c1-8-7-15(3-2-14-8)18(16,17)11-5-9(12)4-10(13)6-11;/h4-6,8,14H,2-3,7H2,1H3;1H/t8-;/m1./s1. The Bertz CT molecular complexity index is 531. The highest BCUT2D eigenvalue weighted by Crippen LogP contribution is 2.25. The second-order valence-electron chi connectivity index (χ2n) is 4.32. The van der Waals surface area contributed by atoms with Crippen LogP contribution in [0, 0.1) is 0 Å². The third-order valence-corrected chi connectivity index (χ3v) is 5.08. The number of rotatable bonds is 2. The zero-order valence-electron chi connectivity index (χ0n) is 10.3. The van der Waals surface area contributed by atoms with Gasteiger partial charge in [-0.2, -0.15) is 4.31 Å². The molecule has 0 unspecified atom stereocenters. The molecule has 1 aliphatic heterocycles. The van der Waals surface area contributed by atoms with Crippen LogP contribution < -0.4 is 5.32 Å². The largest absolute Gasteiger partial charge is 0.312 e. The minimum absolute atomic E-state index is 0. The van der Waals surface area contributed by atoms with Gasteiger partial charge in [-0.15, -0.1) is 12.4 Å². The third-order valence-electron chi connectivity index (χ3n) is 2.81. The Morgan fingerprint density at radius 1 is 1.26 bits per heavy atom. The van der Waals surface area contributed by atoms with Gasteiger partial charge < -0.3 is 5.32 Å². The molecular weight excluding hydrogens is 331 g/mol. The molecule has 0 amide bonds. The topological polar surface area (TPSA) is 49.4 Å². The smallest absolute Gasteiger partial charge is 0.243 e. The Morgan fingerprint density at radius 2 is 1.84 bits per heavy atom. The summed E-state index contributed by atoms with van der Waals surface area (Å²) in [4.78, 5) is 0.147. The van der Waals surface area contributed by atoms with E-state index in [4.69, 9.17) is 23.2 Å². The molecule has 19 heavy (non-hydrogen) atoms. The van der Waals surface area contributed by atoms with Crippen molar-refractivity contribution in [2.45, 2.75) is 17.9 Å². The second-order valence-corrected chi connectivity index (χ2v) is 7.13. The number of piperazine rings is 1. The minimum atomic E-state index is -3.52. The summed E-state index contributed by atoms with van der Waals surface area (Å²) in [6, 6.07) is 4.51. The molecule has 1 fully saturated rings. The Morgan fingerprint density at radius 3 is 2.37 bits per heavy atom. The van der Waals surface area contributed by atoms with Crippen molar-refractivity contribution in [1.29, 1.82) is 0 Å². The SMILES string of the molecule is C[C@@H]1CN(S(=O)(=O)c2cc(Cl)cc(Cl)c2)CCN1.Cl. The molecule has 108 valence electrons. The lowest BCUT2D eigenvalue weighted by Crippen LogP contribution is -2.51. The van der Waals surface area contributed by atoms with Crippen molar-refractivity contribution in [1.82, 2.24) is 9.62 Å². The highest BCUT2D eigenvalue weighted by molar-refractivity contribution is 7.89. The van der Waals surface area contributed by atoms with Crippen LogP contribution in [-0.4, -0.2) is 38.4 Å². The van der Waals surface area contributed by atoms with Crippen LogP contribution in [0.15, 0.2) is 23.1 Å². The fourth-order valence-corrected chi connectivity index (χ4v) is 4.20. The Hall–Kier alpha value is -0.0400. The van der Waals surface area contributed by atoms with Crippen LogP contribution in [0.3, 0.4) is 0 Å². The molecular formula is C11H15Cl3N2O2S. The summed E-state index contributed by atoms with van der Waals surface area (Å²) in [6.07, 6.45) is 0. The van der Waals surface area contributed by atoms with Gasteiger partial charge >= 0.3 is 0 Å². The van der Waals surface area contributed by atoms with Crippen LogP contribution in [0.5, 0.6) is 0 Å². The van der Waals surface area contributed by atoms with Crippen molar-refractivity contribution in [3.63, 3.8) is 0 Å². The van der Waals surface area contributed by atoms with Crippen molar-refractivity contribution < 1.29 is 8.42 Å². The predicted octanol–water partition coefficient (Wildman–Crippen LogP) is 2.40. The molecule has 4 nitrogen and oxygen atoms in total. The first kappa shape index (κ1) is 17.0. The molecule has 8 heteroatoms. The zero-order chi connectivity index (χ0) is 13.3. The molecule has 1 N–H and O–H groups in total. The van der Waals surface area contributed by atoms with Gasteiger partial charge in [0.2, 0.25) is 10.0 Å². The summed E-state index contributed by atoms with van der Waals surface area (Å²) < 4.78 is 26.3. The summed E-state index contributed by atoms with van der Waals surface area (Å²) in [7, 11) is -3.52. The van der Waals surface area contributed by atoms with Gasteiger partial charge in [0.05, 0.1) is 4.90 Å². The van der Waals surface area contributed by atoms with Gasteiger partial charge in [-0.1, -0.05) is 23.2 Å². The number of nitrogens with zero attached hydrogens (tertiary/aromatic N) is 1. The molecule has 1 aromatic rings. The first-order chi connectivity index (χ1) is 8.39. The summed E-state index contributed by atoms with van der Waals surface area (Å²) in [6.45, 7) is 3.50. The van der Waals surface area contributed by atoms with Crippen molar-refractivity contribution in [2.24, 2.45) is 0 Å². The third kappa shape index (κ3) is 3.97. The van der Waals surface area contributed by atoms with Crippen molar-refractivity contribution in [2.75, 3.05) is 19.6 Å². The van der Waals surface area contributed by atoms with Crippen LogP contribution in [0.2, 0.25) is 10.0 Å². The zero-order valence-corrected chi connectivity index (χ0v) is 13.4. The van der Waals surface area contributed by atoms with E-state index in [0.29, 0.717) is 29.7 Å². The normalized spacial score (nSPS) is 20.9. The van der Waals surface area contributed by atoms with Crippen LogP contribution in [-0.2, 0) is 10.0 Å². The number of halogens is 3. The van der Waals surface area contributed by atoms with E-state index in [2.05, 4.69) is 5.32 Å². The maximum absolute atomic E-state index is 12.4. The number of hydrogen-bond donors (Lipinski definition) is 1. The van der Waals surface area contributed by atoms with Gasteiger partial charge in [-0.25, -0.2) is 8.42 Å². The average molecular weight is 346 g/mol. The number of sulfonamides is 1. The molecule has 1 atom stereocenters. The van der Waals surface area contributed by atoms with Crippen LogP contribution >= 0.6 is 35.6 Å². The van der Waals surface area contributed by atoms with E-state index < -0.39 is 10.0 Å². The molecule has 0 aliphatic carbocycles. The highest BCUT2D eigenvalue weighted by Gasteiger charge is 2.28. The molecule has 0 radical (unpaired) electrons. The molecule has 0 saturated carbocycles. The molecule has 1 heterocycles. The molecule has 0 aromatic heterocycles. The molecule has 1 aliphatic rings. The molecule has 0 spiro atoms.